The monoisotopic (exact) mass is 388 g/mol. The van der Waals surface area contributed by atoms with Crippen molar-refractivity contribution in [2.24, 2.45) is 5.92 Å². The van der Waals surface area contributed by atoms with Crippen LogP contribution < -0.4 is 14.8 Å². The third-order valence-electron chi connectivity index (χ3n) is 6.09. The Morgan fingerprint density at radius 1 is 1.14 bits per heavy atom. The number of hydrogen-bond donors (Lipinski definition) is 1. The molecule has 1 aliphatic carbocycles. The summed E-state index contributed by atoms with van der Waals surface area (Å²) in [5.74, 6) is 1.21. The molecule has 1 saturated carbocycles. The van der Waals surface area contributed by atoms with Gasteiger partial charge in [0.2, 0.25) is 11.8 Å². The van der Waals surface area contributed by atoms with Gasteiger partial charge in [-0.05, 0) is 38.3 Å². The number of amides is 2. The maximum atomic E-state index is 13.2. The average molecular weight is 389 g/mol. The fourth-order valence-electron chi connectivity index (χ4n) is 4.60. The van der Waals surface area contributed by atoms with Gasteiger partial charge in [-0.15, -0.1) is 0 Å². The Morgan fingerprint density at radius 2 is 1.89 bits per heavy atom. The third kappa shape index (κ3) is 4.26. The summed E-state index contributed by atoms with van der Waals surface area (Å²) in [5, 5.41) is 3.27. The number of likely N-dealkylation sites (tertiary alicyclic amines) is 1. The van der Waals surface area contributed by atoms with Gasteiger partial charge in [0, 0.05) is 30.6 Å². The van der Waals surface area contributed by atoms with Crippen LogP contribution in [0.25, 0.3) is 0 Å². The topological polar surface area (TPSA) is 67.9 Å². The van der Waals surface area contributed by atoms with Crippen molar-refractivity contribution < 1.29 is 19.1 Å². The first-order valence-corrected chi connectivity index (χ1v) is 10.4. The van der Waals surface area contributed by atoms with E-state index in [2.05, 4.69) is 5.32 Å². The van der Waals surface area contributed by atoms with Crippen molar-refractivity contribution in [3.05, 3.63) is 23.8 Å². The Hall–Kier alpha value is -2.24. The van der Waals surface area contributed by atoms with E-state index in [9.17, 15) is 9.59 Å². The summed E-state index contributed by atoms with van der Waals surface area (Å²) in [7, 11) is 3.22. The van der Waals surface area contributed by atoms with Crippen molar-refractivity contribution in [2.75, 3.05) is 20.8 Å². The highest BCUT2D eigenvalue weighted by molar-refractivity contribution is 5.85. The zero-order chi connectivity index (χ0) is 20.1. The molecule has 0 bridgehead atoms. The Morgan fingerprint density at radius 3 is 2.54 bits per heavy atom. The van der Waals surface area contributed by atoms with Crippen molar-refractivity contribution in [3.63, 3.8) is 0 Å². The molecular weight excluding hydrogens is 356 g/mol. The lowest BCUT2D eigenvalue weighted by molar-refractivity contribution is -0.143. The van der Waals surface area contributed by atoms with E-state index in [1.807, 2.05) is 30.0 Å². The highest BCUT2D eigenvalue weighted by Gasteiger charge is 2.41. The number of carbonyl (C=O) groups excluding carboxylic acids is 2. The molecular formula is C22H32N2O4. The Bertz CT molecular complexity index is 700. The molecule has 1 N–H and O–H groups in total. The maximum Gasteiger partial charge on any atom is 0.225 e. The van der Waals surface area contributed by atoms with Crippen molar-refractivity contribution >= 4 is 11.8 Å². The molecule has 2 fully saturated rings. The van der Waals surface area contributed by atoms with E-state index < -0.39 is 0 Å². The summed E-state index contributed by atoms with van der Waals surface area (Å²) in [4.78, 5) is 27.7. The van der Waals surface area contributed by atoms with Crippen molar-refractivity contribution in [1.29, 1.82) is 0 Å². The highest BCUT2D eigenvalue weighted by atomic mass is 16.5. The number of carbonyl (C=O) groups is 2. The van der Waals surface area contributed by atoms with Gasteiger partial charge in [0.25, 0.3) is 0 Å². The molecule has 154 valence electrons. The van der Waals surface area contributed by atoms with Crippen LogP contribution in [0.3, 0.4) is 0 Å². The van der Waals surface area contributed by atoms with Crippen LogP contribution in [0.15, 0.2) is 18.2 Å². The van der Waals surface area contributed by atoms with Crippen molar-refractivity contribution in [2.45, 2.75) is 64.0 Å². The van der Waals surface area contributed by atoms with Crippen LogP contribution >= 0.6 is 0 Å². The van der Waals surface area contributed by atoms with Crippen molar-refractivity contribution in [3.8, 4) is 11.5 Å². The average Bonchev–Trinajstić information content (AvgIpc) is 2.73. The minimum atomic E-state index is -0.323. The Balaban J connectivity index is 1.91. The molecule has 2 aliphatic rings. The first-order chi connectivity index (χ1) is 13.6. The van der Waals surface area contributed by atoms with Gasteiger partial charge >= 0.3 is 0 Å². The smallest absolute Gasteiger partial charge is 0.225 e. The molecule has 6 heteroatoms. The molecule has 0 radical (unpaired) electrons. The predicted molar refractivity (Wildman–Crippen MR) is 107 cm³/mol. The number of piperidine rings is 1. The van der Waals surface area contributed by atoms with E-state index in [1.54, 1.807) is 14.2 Å². The van der Waals surface area contributed by atoms with Gasteiger partial charge in [0.15, 0.2) is 0 Å². The van der Waals surface area contributed by atoms with Crippen LogP contribution in [0.5, 0.6) is 11.5 Å². The Kier molecular flexibility index (Phi) is 6.81. The third-order valence-corrected chi connectivity index (χ3v) is 6.09. The number of methoxy groups -OCH3 is 2. The van der Waals surface area contributed by atoms with Gasteiger partial charge < -0.3 is 19.7 Å². The molecule has 6 nitrogen and oxygen atoms in total. The summed E-state index contributed by atoms with van der Waals surface area (Å²) in [6.45, 7) is 2.52. The number of rotatable bonds is 6. The van der Waals surface area contributed by atoms with Gasteiger partial charge in [-0.1, -0.05) is 19.3 Å². The largest absolute Gasteiger partial charge is 0.497 e. The molecule has 2 amide bonds. The van der Waals surface area contributed by atoms with Gasteiger partial charge in [-0.25, -0.2) is 0 Å². The number of nitrogens with zero attached hydrogens (tertiary/aromatic N) is 1. The van der Waals surface area contributed by atoms with Crippen LogP contribution in [-0.2, 0) is 9.59 Å². The van der Waals surface area contributed by atoms with Crippen LogP contribution in [0.4, 0.5) is 0 Å². The standard InChI is InChI=1S/C22H32N2O4/c1-4-24-20(25)13-12-18(22(26)23-15-8-6-5-7-9-15)21(24)17-11-10-16(27-2)14-19(17)28-3/h10-11,14-15,18,21H,4-9,12-13H2,1-3H3,(H,23,26)/t18-,21+/m1/s1. The molecule has 1 saturated heterocycles. The van der Waals surface area contributed by atoms with E-state index in [-0.39, 0.29) is 29.8 Å². The van der Waals surface area contributed by atoms with Crippen LogP contribution in [-0.4, -0.2) is 43.5 Å². The minimum Gasteiger partial charge on any atom is -0.497 e. The number of hydrogen-bond acceptors (Lipinski definition) is 4. The molecule has 1 heterocycles. The Labute approximate surface area is 167 Å². The predicted octanol–water partition coefficient (Wildman–Crippen LogP) is 3.45. The zero-order valence-electron chi connectivity index (χ0n) is 17.2. The fraction of sp³-hybridized carbons (Fsp3) is 0.636. The van der Waals surface area contributed by atoms with E-state index >= 15 is 0 Å². The van der Waals surface area contributed by atoms with Crippen LogP contribution in [0, 0.1) is 5.92 Å². The van der Waals surface area contributed by atoms with E-state index in [0.29, 0.717) is 30.9 Å². The molecule has 2 atom stereocenters. The van der Waals surface area contributed by atoms with E-state index in [0.717, 1.165) is 18.4 Å². The van der Waals surface area contributed by atoms with E-state index in [1.165, 1.54) is 19.3 Å². The molecule has 0 aromatic heterocycles. The number of nitrogens with one attached hydrogen (secondary N) is 1. The first-order valence-electron chi connectivity index (χ1n) is 10.4. The lowest BCUT2D eigenvalue weighted by atomic mass is 9.82. The second-order valence-electron chi connectivity index (χ2n) is 7.72. The van der Waals surface area contributed by atoms with Gasteiger partial charge in [-0.3, -0.25) is 9.59 Å². The summed E-state index contributed by atoms with van der Waals surface area (Å²) in [6, 6.07) is 5.53. The molecule has 28 heavy (non-hydrogen) atoms. The summed E-state index contributed by atoms with van der Waals surface area (Å²) in [5.41, 5.74) is 0.863. The fourth-order valence-corrected chi connectivity index (χ4v) is 4.60. The van der Waals surface area contributed by atoms with Gasteiger partial charge in [0.05, 0.1) is 26.2 Å². The van der Waals surface area contributed by atoms with Crippen LogP contribution in [0.2, 0.25) is 0 Å². The van der Waals surface area contributed by atoms with E-state index in [4.69, 9.17) is 9.47 Å². The highest BCUT2D eigenvalue weighted by Crippen LogP contribution is 2.42. The molecule has 0 unspecified atom stereocenters. The molecule has 1 aliphatic heterocycles. The quantitative estimate of drug-likeness (QED) is 0.810. The summed E-state index contributed by atoms with van der Waals surface area (Å²) < 4.78 is 10.9. The first kappa shape index (κ1) is 20.5. The minimum absolute atomic E-state index is 0.0562. The maximum absolute atomic E-state index is 13.2. The number of benzene rings is 1. The lowest BCUT2D eigenvalue weighted by Crippen LogP contribution is -2.50. The molecule has 1 aromatic rings. The van der Waals surface area contributed by atoms with Crippen LogP contribution in [0.1, 0.15) is 63.5 Å². The molecule has 1 aromatic carbocycles. The summed E-state index contributed by atoms with van der Waals surface area (Å²) >= 11 is 0. The van der Waals surface area contributed by atoms with Gasteiger partial charge in [0.1, 0.15) is 11.5 Å². The molecule has 3 rings (SSSR count). The zero-order valence-corrected chi connectivity index (χ0v) is 17.2. The number of ether oxygens (including phenoxy) is 2. The van der Waals surface area contributed by atoms with Crippen molar-refractivity contribution in [1.82, 2.24) is 10.2 Å². The van der Waals surface area contributed by atoms with Gasteiger partial charge in [-0.2, -0.15) is 0 Å². The molecule has 0 spiro atoms. The second-order valence-corrected chi connectivity index (χ2v) is 7.72. The SMILES string of the molecule is CCN1C(=O)CC[C@@H](C(=O)NC2CCCCC2)[C@@H]1c1ccc(OC)cc1OC. The second kappa shape index (κ2) is 9.30. The lowest BCUT2D eigenvalue weighted by Gasteiger charge is -2.41. The normalized spacial score (nSPS) is 23.4. The summed E-state index contributed by atoms with van der Waals surface area (Å²) in [6.07, 6.45) is 6.66.